The Morgan fingerprint density at radius 3 is 2.47 bits per heavy atom. The summed E-state index contributed by atoms with van der Waals surface area (Å²) in [7, 11) is 2.02. The molecule has 0 N–H and O–H groups in total. The fourth-order valence-corrected chi connectivity index (χ4v) is 3.10. The van der Waals surface area contributed by atoms with Gasteiger partial charge in [-0.05, 0) is 25.5 Å². The van der Waals surface area contributed by atoms with Crippen molar-refractivity contribution in [2.45, 2.75) is 25.8 Å². The summed E-state index contributed by atoms with van der Waals surface area (Å²) in [5.74, 6) is 0.714. The molecule has 0 bridgehead atoms. The molecule has 0 spiro atoms. The van der Waals surface area contributed by atoms with Crippen LogP contribution in [-0.2, 0) is 0 Å². The van der Waals surface area contributed by atoms with E-state index in [0.29, 0.717) is 27.1 Å². The zero-order valence-corrected chi connectivity index (χ0v) is 13.4. The normalized spacial score (nSPS) is 17.7. The van der Waals surface area contributed by atoms with Crippen molar-refractivity contribution in [3.63, 3.8) is 0 Å². The second kappa shape index (κ2) is 6.49. The lowest BCUT2D eigenvalue weighted by Crippen LogP contribution is -2.43. The minimum atomic E-state index is 0.305. The summed E-state index contributed by atoms with van der Waals surface area (Å²) < 4.78 is 0. The highest BCUT2D eigenvalue weighted by molar-refractivity contribution is 6.42. The lowest BCUT2D eigenvalue weighted by Gasteiger charge is -2.37. The first kappa shape index (κ1) is 15.2. The first-order valence-electron chi connectivity index (χ1n) is 6.49. The lowest BCUT2D eigenvalue weighted by atomic mass is 10.0. The SMILES string of the molecule is CCN1CCC(N(C)c2nc(Cl)c(Cl)cc2Cl)CC1. The van der Waals surface area contributed by atoms with E-state index in [9.17, 15) is 0 Å². The molecule has 0 aliphatic carbocycles. The van der Waals surface area contributed by atoms with Gasteiger partial charge in [0.25, 0.3) is 0 Å². The van der Waals surface area contributed by atoms with Gasteiger partial charge in [0.2, 0.25) is 0 Å². The van der Waals surface area contributed by atoms with E-state index in [1.54, 1.807) is 6.07 Å². The zero-order valence-electron chi connectivity index (χ0n) is 11.2. The molecular weight excluding hydrogens is 305 g/mol. The van der Waals surface area contributed by atoms with Crippen molar-refractivity contribution in [2.75, 3.05) is 31.6 Å². The Bertz CT molecular complexity index is 445. The van der Waals surface area contributed by atoms with E-state index in [4.69, 9.17) is 34.8 Å². The molecule has 19 heavy (non-hydrogen) atoms. The third-order valence-corrected chi connectivity index (χ3v) is 4.71. The van der Waals surface area contributed by atoms with E-state index in [0.717, 1.165) is 32.5 Å². The topological polar surface area (TPSA) is 19.4 Å². The Balaban J connectivity index is 2.12. The molecule has 6 heteroatoms. The van der Waals surface area contributed by atoms with Crippen LogP contribution in [0.25, 0.3) is 0 Å². The zero-order chi connectivity index (χ0) is 14.0. The van der Waals surface area contributed by atoms with Gasteiger partial charge in [0.15, 0.2) is 0 Å². The number of hydrogen-bond acceptors (Lipinski definition) is 3. The molecule has 0 aromatic carbocycles. The highest BCUT2D eigenvalue weighted by atomic mass is 35.5. The number of aromatic nitrogens is 1. The Morgan fingerprint density at radius 2 is 1.89 bits per heavy atom. The van der Waals surface area contributed by atoms with Gasteiger partial charge in [0, 0.05) is 26.2 Å². The van der Waals surface area contributed by atoms with Gasteiger partial charge in [0.1, 0.15) is 11.0 Å². The van der Waals surface area contributed by atoms with Crippen molar-refractivity contribution in [3.8, 4) is 0 Å². The monoisotopic (exact) mass is 321 g/mol. The number of halogens is 3. The van der Waals surface area contributed by atoms with Crippen LogP contribution < -0.4 is 4.90 Å². The molecule has 0 saturated carbocycles. The van der Waals surface area contributed by atoms with Gasteiger partial charge in [-0.1, -0.05) is 41.7 Å². The summed E-state index contributed by atoms with van der Waals surface area (Å²) in [6.07, 6.45) is 2.23. The van der Waals surface area contributed by atoms with Crippen LogP contribution in [0.15, 0.2) is 6.07 Å². The van der Waals surface area contributed by atoms with Crippen LogP contribution >= 0.6 is 34.8 Å². The number of anilines is 1. The number of pyridine rings is 1. The molecule has 0 atom stereocenters. The van der Waals surface area contributed by atoms with Gasteiger partial charge in [0.05, 0.1) is 10.0 Å². The summed E-state index contributed by atoms with van der Waals surface area (Å²) in [6.45, 7) is 5.54. The van der Waals surface area contributed by atoms with Crippen LogP contribution in [0.5, 0.6) is 0 Å². The Kier molecular flexibility index (Phi) is 5.18. The predicted molar refractivity (Wildman–Crippen MR) is 82.8 cm³/mol. The lowest BCUT2D eigenvalue weighted by molar-refractivity contribution is 0.220. The van der Waals surface area contributed by atoms with Crippen molar-refractivity contribution in [1.29, 1.82) is 0 Å². The van der Waals surface area contributed by atoms with Crippen molar-refractivity contribution >= 4 is 40.6 Å². The van der Waals surface area contributed by atoms with Crippen molar-refractivity contribution in [1.82, 2.24) is 9.88 Å². The first-order valence-corrected chi connectivity index (χ1v) is 7.63. The predicted octanol–water partition coefficient (Wildman–Crippen LogP) is 3.96. The molecule has 0 radical (unpaired) electrons. The molecule has 1 fully saturated rings. The van der Waals surface area contributed by atoms with Crippen LogP contribution in [0.1, 0.15) is 19.8 Å². The summed E-state index contributed by atoms with van der Waals surface area (Å²) in [6, 6.07) is 2.11. The van der Waals surface area contributed by atoms with Crippen LogP contribution in [0.3, 0.4) is 0 Å². The molecule has 106 valence electrons. The number of nitrogens with zero attached hydrogens (tertiary/aromatic N) is 3. The molecule has 2 rings (SSSR count). The average Bonchev–Trinajstić information content (AvgIpc) is 2.42. The quantitative estimate of drug-likeness (QED) is 0.785. The molecule has 1 aromatic rings. The summed E-state index contributed by atoms with van der Waals surface area (Å²) in [5, 5.41) is 1.25. The molecule has 0 amide bonds. The van der Waals surface area contributed by atoms with E-state index >= 15 is 0 Å². The summed E-state index contributed by atoms with van der Waals surface area (Å²) in [5.41, 5.74) is 0. The maximum Gasteiger partial charge on any atom is 0.150 e. The second-order valence-corrected chi connectivity index (χ2v) is 6.02. The standard InChI is InChI=1S/C13H18Cl3N3/c1-3-19-6-4-9(5-7-19)18(2)13-11(15)8-10(14)12(16)17-13/h8-9H,3-7H2,1-2H3. The Morgan fingerprint density at radius 1 is 1.26 bits per heavy atom. The summed E-state index contributed by atoms with van der Waals surface area (Å²) >= 11 is 18.1. The highest BCUT2D eigenvalue weighted by Gasteiger charge is 2.24. The molecule has 3 nitrogen and oxygen atoms in total. The first-order chi connectivity index (χ1) is 9.02. The summed E-state index contributed by atoms with van der Waals surface area (Å²) in [4.78, 5) is 8.88. The van der Waals surface area contributed by atoms with E-state index in [1.807, 2.05) is 7.05 Å². The maximum absolute atomic E-state index is 6.21. The van der Waals surface area contributed by atoms with Crippen LogP contribution in [0.4, 0.5) is 5.82 Å². The number of piperidine rings is 1. The maximum atomic E-state index is 6.21. The minimum Gasteiger partial charge on any atom is -0.355 e. The molecule has 1 saturated heterocycles. The Labute approximate surface area is 129 Å². The van der Waals surface area contributed by atoms with Gasteiger partial charge in [-0.25, -0.2) is 4.98 Å². The minimum absolute atomic E-state index is 0.305. The van der Waals surface area contributed by atoms with E-state index in [1.165, 1.54) is 0 Å². The van der Waals surface area contributed by atoms with E-state index < -0.39 is 0 Å². The number of rotatable bonds is 3. The molecule has 0 unspecified atom stereocenters. The second-order valence-electron chi connectivity index (χ2n) is 4.84. The van der Waals surface area contributed by atoms with E-state index in [-0.39, 0.29) is 0 Å². The molecule has 2 heterocycles. The highest BCUT2D eigenvalue weighted by Crippen LogP contribution is 2.32. The van der Waals surface area contributed by atoms with Gasteiger partial charge in [-0.15, -0.1) is 0 Å². The van der Waals surface area contributed by atoms with E-state index in [2.05, 4.69) is 21.7 Å². The van der Waals surface area contributed by atoms with Gasteiger partial charge < -0.3 is 9.80 Å². The van der Waals surface area contributed by atoms with Crippen LogP contribution in [0.2, 0.25) is 15.2 Å². The number of hydrogen-bond donors (Lipinski definition) is 0. The van der Waals surface area contributed by atoms with Crippen molar-refractivity contribution in [2.24, 2.45) is 0 Å². The number of likely N-dealkylation sites (tertiary alicyclic amines) is 1. The molecule has 1 aliphatic heterocycles. The van der Waals surface area contributed by atoms with Crippen molar-refractivity contribution in [3.05, 3.63) is 21.3 Å². The van der Waals surface area contributed by atoms with Gasteiger partial charge in [-0.3, -0.25) is 0 Å². The molecule has 1 aromatic heterocycles. The third-order valence-electron chi connectivity index (χ3n) is 3.75. The smallest absolute Gasteiger partial charge is 0.150 e. The van der Waals surface area contributed by atoms with Crippen LogP contribution in [-0.4, -0.2) is 42.6 Å². The Hall–Kier alpha value is -0.220. The molecule has 1 aliphatic rings. The van der Waals surface area contributed by atoms with Crippen LogP contribution in [0, 0.1) is 0 Å². The molecular formula is C13H18Cl3N3. The third kappa shape index (κ3) is 3.46. The largest absolute Gasteiger partial charge is 0.355 e. The fourth-order valence-electron chi connectivity index (χ4n) is 2.48. The van der Waals surface area contributed by atoms with Crippen molar-refractivity contribution < 1.29 is 0 Å². The average molecular weight is 323 g/mol. The van der Waals surface area contributed by atoms with Gasteiger partial charge in [-0.2, -0.15) is 0 Å². The fraction of sp³-hybridized carbons (Fsp3) is 0.615. The van der Waals surface area contributed by atoms with Gasteiger partial charge >= 0.3 is 0 Å².